The van der Waals surface area contributed by atoms with Gasteiger partial charge in [-0.25, -0.2) is 4.79 Å². The largest absolute Gasteiger partial charge is 0.392 e. The average molecular weight is 254 g/mol. The molecule has 1 aliphatic heterocycles. The van der Waals surface area contributed by atoms with E-state index in [0.717, 1.165) is 12.8 Å². The summed E-state index contributed by atoms with van der Waals surface area (Å²) in [6.45, 7) is 5.37. The van der Waals surface area contributed by atoms with E-state index >= 15 is 0 Å². The van der Waals surface area contributed by atoms with Gasteiger partial charge in [0.25, 0.3) is 0 Å². The molecule has 2 N–H and O–H groups in total. The number of aliphatic hydroxyl groups excluding tert-OH is 1. The van der Waals surface area contributed by atoms with E-state index in [2.05, 4.69) is 5.32 Å². The van der Waals surface area contributed by atoms with Gasteiger partial charge in [-0.3, -0.25) is 0 Å². The number of rotatable bonds is 1. The predicted molar refractivity (Wildman–Crippen MR) is 71.4 cm³/mol. The summed E-state index contributed by atoms with van der Waals surface area (Å²) >= 11 is 0. The number of nitrogens with one attached hydrogen (secondary N) is 1. The van der Waals surface area contributed by atoms with Crippen molar-refractivity contribution in [3.8, 4) is 0 Å². The van der Waals surface area contributed by atoms with E-state index in [1.165, 1.54) is 19.3 Å². The van der Waals surface area contributed by atoms with Crippen LogP contribution < -0.4 is 5.32 Å². The monoisotopic (exact) mass is 254 g/mol. The molecule has 0 spiro atoms. The number of hydrogen-bond donors (Lipinski definition) is 2. The molecular formula is C14H26N2O2. The number of amides is 2. The maximum atomic E-state index is 12.2. The van der Waals surface area contributed by atoms with Crippen molar-refractivity contribution in [3.63, 3.8) is 0 Å². The van der Waals surface area contributed by atoms with Crippen molar-refractivity contribution in [1.29, 1.82) is 0 Å². The Labute approximate surface area is 110 Å². The third-order valence-electron chi connectivity index (χ3n) is 4.39. The normalized spacial score (nSPS) is 29.1. The highest BCUT2D eigenvalue weighted by Gasteiger charge is 2.36. The molecule has 2 amide bonds. The van der Waals surface area contributed by atoms with E-state index < -0.39 is 0 Å². The Morgan fingerprint density at radius 3 is 2.50 bits per heavy atom. The molecule has 0 radical (unpaired) electrons. The predicted octanol–water partition coefficient (Wildman–Crippen LogP) is 2.12. The van der Waals surface area contributed by atoms with Crippen molar-refractivity contribution in [2.75, 3.05) is 13.1 Å². The third kappa shape index (κ3) is 3.16. The van der Waals surface area contributed by atoms with Crippen molar-refractivity contribution >= 4 is 6.03 Å². The Kier molecular flexibility index (Phi) is 4.15. The Morgan fingerprint density at radius 2 is 1.89 bits per heavy atom. The zero-order chi connectivity index (χ0) is 13.2. The number of carbonyl (C=O) groups excluding carboxylic acids is 1. The molecule has 2 aliphatic rings. The van der Waals surface area contributed by atoms with Gasteiger partial charge in [-0.2, -0.15) is 0 Å². The van der Waals surface area contributed by atoms with Crippen molar-refractivity contribution in [3.05, 3.63) is 0 Å². The summed E-state index contributed by atoms with van der Waals surface area (Å²) < 4.78 is 0. The highest BCUT2D eigenvalue weighted by molar-refractivity contribution is 5.74. The van der Waals surface area contributed by atoms with Crippen LogP contribution in [0.2, 0.25) is 0 Å². The summed E-state index contributed by atoms with van der Waals surface area (Å²) in [4.78, 5) is 14.1. The van der Waals surface area contributed by atoms with Crippen molar-refractivity contribution in [2.45, 2.75) is 64.5 Å². The van der Waals surface area contributed by atoms with Crippen LogP contribution >= 0.6 is 0 Å². The summed E-state index contributed by atoms with van der Waals surface area (Å²) in [7, 11) is 0. The topological polar surface area (TPSA) is 52.6 Å². The molecule has 104 valence electrons. The second kappa shape index (κ2) is 5.47. The highest BCUT2D eigenvalue weighted by Crippen LogP contribution is 2.29. The van der Waals surface area contributed by atoms with Gasteiger partial charge in [0.1, 0.15) is 0 Å². The first-order chi connectivity index (χ1) is 8.49. The van der Waals surface area contributed by atoms with Gasteiger partial charge in [0.15, 0.2) is 0 Å². The minimum absolute atomic E-state index is 0.0573. The molecule has 1 atom stereocenters. The molecule has 1 unspecified atom stereocenters. The molecule has 2 rings (SSSR count). The first-order valence-corrected chi connectivity index (χ1v) is 7.22. The molecule has 1 saturated heterocycles. The molecule has 0 aromatic carbocycles. The van der Waals surface area contributed by atoms with Crippen molar-refractivity contribution in [1.82, 2.24) is 10.2 Å². The fourth-order valence-corrected chi connectivity index (χ4v) is 3.03. The number of hydrogen-bond acceptors (Lipinski definition) is 2. The van der Waals surface area contributed by atoms with Crippen LogP contribution in [0, 0.1) is 5.41 Å². The van der Waals surface area contributed by atoms with E-state index in [1.54, 1.807) is 0 Å². The molecule has 1 aliphatic carbocycles. The van der Waals surface area contributed by atoms with Crippen LogP contribution in [0.25, 0.3) is 0 Å². The first kappa shape index (κ1) is 13.7. The second-order valence-electron chi connectivity index (χ2n) is 6.50. The van der Waals surface area contributed by atoms with E-state index in [9.17, 15) is 9.90 Å². The summed E-state index contributed by atoms with van der Waals surface area (Å²) in [5.41, 5.74) is -0.192. The van der Waals surface area contributed by atoms with Crippen LogP contribution in [0.4, 0.5) is 4.79 Å². The third-order valence-corrected chi connectivity index (χ3v) is 4.39. The number of aliphatic hydroxyl groups is 1. The van der Waals surface area contributed by atoms with Gasteiger partial charge in [-0.1, -0.05) is 33.1 Å². The maximum absolute atomic E-state index is 12.2. The number of piperidine rings is 1. The Bertz CT molecular complexity index is 298. The van der Waals surface area contributed by atoms with Crippen molar-refractivity contribution < 1.29 is 9.90 Å². The summed E-state index contributed by atoms with van der Waals surface area (Å²) in [5.74, 6) is 0. The van der Waals surface area contributed by atoms with Gasteiger partial charge in [0.05, 0.1) is 6.10 Å². The van der Waals surface area contributed by atoms with Crippen molar-refractivity contribution in [2.24, 2.45) is 5.41 Å². The molecule has 0 bridgehead atoms. The second-order valence-corrected chi connectivity index (χ2v) is 6.50. The van der Waals surface area contributed by atoms with E-state index in [1.807, 2.05) is 18.7 Å². The van der Waals surface area contributed by atoms with E-state index in [0.29, 0.717) is 25.6 Å². The van der Waals surface area contributed by atoms with E-state index in [4.69, 9.17) is 0 Å². The van der Waals surface area contributed by atoms with Crippen LogP contribution in [0.15, 0.2) is 0 Å². The lowest BCUT2D eigenvalue weighted by molar-refractivity contribution is -0.0118. The Hall–Kier alpha value is -0.770. The molecule has 4 nitrogen and oxygen atoms in total. The smallest absolute Gasteiger partial charge is 0.317 e. The van der Waals surface area contributed by atoms with Crippen LogP contribution in [-0.2, 0) is 0 Å². The Balaban J connectivity index is 1.85. The van der Waals surface area contributed by atoms with Gasteiger partial charge in [0, 0.05) is 24.5 Å². The molecule has 2 fully saturated rings. The highest BCUT2D eigenvalue weighted by atomic mass is 16.3. The SMILES string of the molecule is CC1(C)CN(C(=O)NC2CCCCC2)CCC1O. The van der Waals surface area contributed by atoms with E-state index in [-0.39, 0.29) is 17.6 Å². The average Bonchev–Trinajstić information content (AvgIpc) is 2.34. The molecule has 4 heteroatoms. The van der Waals surface area contributed by atoms with Gasteiger partial charge in [-0.15, -0.1) is 0 Å². The fourth-order valence-electron chi connectivity index (χ4n) is 3.03. The number of carbonyl (C=O) groups is 1. The van der Waals surface area contributed by atoms with Crippen LogP contribution in [0.3, 0.4) is 0 Å². The first-order valence-electron chi connectivity index (χ1n) is 7.22. The van der Waals surface area contributed by atoms with Gasteiger partial charge in [-0.05, 0) is 19.3 Å². The fraction of sp³-hybridized carbons (Fsp3) is 0.929. The quantitative estimate of drug-likeness (QED) is 0.753. The van der Waals surface area contributed by atoms with Gasteiger partial charge < -0.3 is 15.3 Å². The van der Waals surface area contributed by atoms with Gasteiger partial charge in [0.2, 0.25) is 0 Å². The standard InChI is InChI=1S/C14H26N2O2/c1-14(2)10-16(9-8-12(14)17)13(18)15-11-6-4-3-5-7-11/h11-12,17H,3-10H2,1-2H3,(H,15,18). The maximum Gasteiger partial charge on any atom is 0.317 e. The summed E-state index contributed by atoms with van der Waals surface area (Å²) in [5, 5.41) is 13.0. The van der Waals surface area contributed by atoms with Crippen LogP contribution in [0.5, 0.6) is 0 Å². The lowest BCUT2D eigenvalue weighted by Gasteiger charge is -2.42. The van der Waals surface area contributed by atoms with Crippen LogP contribution in [-0.4, -0.2) is 41.3 Å². The zero-order valence-electron chi connectivity index (χ0n) is 11.6. The van der Waals surface area contributed by atoms with Crippen LogP contribution in [0.1, 0.15) is 52.4 Å². The zero-order valence-corrected chi connectivity index (χ0v) is 11.6. The number of likely N-dealkylation sites (tertiary alicyclic amines) is 1. The number of nitrogens with zero attached hydrogens (tertiary/aromatic N) is 1. The lowest BCUT2D eigenvalue weighted by Crippen LogP contribution is -2.54. The summed E-state index contributed by atoms with van der Waals surface area (Å²) in [6.07, 6.45) is 6.39. The lowest BCUT2D eigenvalue weighted by atomic mass is 9.81. The summed E-state index contributed by atoms with van der Waals surface area (Å²) in [6, 6.07) is 0.420. The minimum atomic E-state index is -0.295. The Morgan fingerprint density at radius 1 is 1.22 bits per heavy atom. The molecule has 0 aromatic rings. The van der Waals surface area contributed by atoms with Gasteiger partial charge >= 0.3 is 6.03 Å². The molecule has 1 saturated carbocycles. The molecular weight excluding hydrogens is 228 g/mol. The number of urea groups is 1. The molecule has 18 heavy (non-hydrogen) atoms. The molecule has 0 aromatic heterocycles. The molecule has 1 heterocycles. The minimum Gasteiger partial charge on any atom is -0.392 e.